The zero-order chi connectivity index (χ0) is 12.1. The van der Waals surface area contributed by atoms with E-state index in [-0.39, 0.29) is 6.04 Å². The van der Waals surface area contributed by atoms with E-state index < -0.39 is 6.09 Å². The van der Waals surface area contributed by atoms with E-state index in [4.69, 9.17) is 5.11 Å². The van der Waals surface area contributed by atoms with E-state index in [0.29, 0.717) is 0 Å². The molecule has 1 aliphatic heterocycles. The van der Waals surface area contributed by atoms with E-state index in [0.717, 1.165) is 32.5 Å². The lowest BCUT2D eigenvalue weighted by molar-refractivity contribution is 0.171. The SMILES string of the molecule is O=C(O)NC1CCN(CC2=CCCCC2)CC1. The van der Waals surface area contributed by atoms with Crippen molar-refractivity contribution in [2.75, 3.05) is 19.6 Å². The van der Waals surface area contributed by atoms with E-state index in [1.807, 2.05) is 0 Å². The maximum Gasteiger partial charge on any atom is 0.404 e. The molecule has 1 aliphatic carbocycles. The molecule has 4 heteroatoms. The van der Waals surface area contributed by atoms with Gasteiger partial charge < -0.3 is 10.4 Å². The Hall–Kier alpha value is -1.03. The van der Waals surface area contributed by atoms with Crippen molar-refractivity contribution < 1.29 is 9.90 Å². The summed E-state index contributed by atoms with van der Waals surface area (Å²) in [6.45, 7) is 3.13. The number of carbonyl (C=O) groups is 1. The highest BCUT2D eigenvalue weighted by Gasteiger charge is 2.20. The van der Waals surface area contributed by atoms with Crippen molar-refractivity contribution >= 4 is 6.09 Å². The third-order valence-electron chi connectivity index (χ3n) is 3.73. The normalized spacial score (nSPS) is 23.2. The van der Waals surface area contributed by atoms with Gasteiger partial charge >= 0.3 is 6.09 Å². The van der Waals surface area contributed by atoms with Gasteiger partial charge in [-0.1, -0.05) is 11.6 Å². The first-order valence-corrected chi connectivity index (χ1v) is 6.64. The van der Waals surface area contributed by atoms with Crippen LogP contribution >= 0.6 is 0 Å². The molecule has 0 saturated carbocycles. The Morgan fingerprint density at radius 3 is 2.76 bits per heavy atom. The summed E-state index contributed by atoms with van der Waals surface area (Å²) in [6, 6.07) is 0.157. The number of carboxylic acid groups (broad SMARTS) is 1. The number of nitrogens with one attached hydrogen (secondary N) is 1. The summed E-state index contributed by atoms with van der Waals surface area (Å²) in [5.74, 6) is 0. The lowest BCUT2D eigenvalue weighted by Gasteiger charge is -2.32. The lowest BCUT2D eigenvalue weighted by Crippen LogP contribution is -2.44. The van der Waals surface area contributed by atoms with Crippen LogP contribution in [0.5, 0.6) is 0 Å². The molecule has 0 aromatic rings. The number of allylic oxidation sites excluding steroid dienone is 1. The highest BCUT2D eigenvalue weighted by Crippen LogP contribution is 2.20. The Morgan fingerprint density at radius 1 is 1.41 bits per heavy atom. The molecular weight excluding hydrogens is 216 g/mol. The lowest BCUT2D eigenvalue weighted by atomic mass is 9.98. The maximum atomic E-state index is 10.5. The Balaban J connectivity index is 1.71. The summed E-state index contributed by atoms with van der Waals surface area (Å²) in [5, 5.41) is 11.2. The number of rotatable bonds is 3. The van der Waals surface area contributed by atoms with Gasteiger partial charge in [0.25, 0.3) is 0 Å². The van der Waals surface area contributed by atoms with Gasteiger partial charge in [-0.3, -0.25) is 4.90 Å². The van der Waals surface area contributed by atoms with Gasteiger partial charge in [-0.2, -0.15) is 0 Å². The van der Waals surface area contributed by atoms with Gasteiger partial charge in [0, 0.05) is 25.7 Å². The first kappa shape index (κ1) is 12.4. The molecule has 17 heavy (non-hydrogen) atoms. The molecular formula is C13H22N2O2. The summed E-state index contributed by atoms with van der Waals surface area (Å²) in [4.78, 5) is 13.0. The van der Waals surface area contributed by atoms with Crippen molar-refractivity contribution in [1.82, 2.24) is 10.2 Å². The molecule has 0 spiro atoms. The minimum absolute atomic E-state index is 0.157. The average Bonchev–Trinajstić information content (AvgIpc) is 2.32. The molecule has 0 aromatic heterocycles. The molecule has 1 heterocycles. The second-order valence-electron chi connectivity index (χ2n) is 5.11. The topological polar surface area (TPSA) is 52.6 Å². The molecule has 0 aromatic carbocycles. The fourth-order valence-electron chi connectivity index (χ4n) is 2.75. The van der Waals surface area contributed by atoms with Crippen molar-refractivity contribution in [3.05, 3.63) is 11.6 Å². The molecule has 0 unspecified atom stereocenters. The van der Waals surface area contributed by atoms with Crippen LogP contribution in [0.4, 0.5) is 4.79 Å². The Morgan fingerprint density at radius 2 is 2.18 bits per heavy atom. The minimum atomic E-state index is -0.890. The molecule has 0 radical (unpaired) electrons. The molecule has 2 N–H and O–H groups in total. The molecule has 2 rings (SSSR count). The summed E-state index contributed by atoms with van der Waals surface area (Å²) < 4.78 is 0. The Labute approximate surface area is 103 Å². The van der Waals surface area contributed by atoms with Gasteiger partial charge in [0.2, 0.25) is 0 Å². The maximum absolute atomic E-state index is 10.5. The smallest absolute Gasteiger partial charge is 0.404 e. The van der Waals surface area contributed by atoms with Crippen LogP contribution in [-0.4, -0.2) is 41.8 Å². The highest BCUT2D eigenvalue weighted by molar-refractivity contribution is 5.64. The standard InChI is InChI=1S/C13H22N2O2/c16-13(17)14-12-6-8-15(9-7-12)10-11-4-2-1-3-5-11/h4,12,14H,1-3,5-10H2,(H,16,17). The van der Waals surface area contributed by atoms with E-state index in [9.17, 15) is 4.79 Å². The summed E-state index contributed by atoms with van der Waals surface area (Å²) >= 11 is 0. The minimum Gasteiger partial charge on any atom is -0.465 e. The fourth-order valence-corrected chi connectivity index (χ4v) is 2.75. The van der Waals surface area contributed by atoms with Crippen LogP contribution in [0.25, 0.3) is 0 Å². The van der Waals surface area contributed by atoms with Crippen molar-refractivity contribution in [3.63, 3.8) is 0 Å². The van der Waals surface area contributed by atoms with E-state index >= 15 is 0 Å². The Kier molecular flexibility index (Phi) is 4.42. The number of likely N-dealkylation sites (tertiary alicyclic amines) is 1. The Bertz CT molecular complexity index is 294. The number of amides is 1. The van der Waals surface area contributed by atoms with Crippen LogP contribution < -0.4 is 5.32 Å². The number of hydrogen-bond acceptors (Lipinski definition) is 2. The van der Waals surface area contributed by atoms with Crippen LogP contribution in [0.15, 0.2) is 11.6 Å². The van der Waals surface area contributed by atoms with E-state index in [1.54, 1.807) is 5.57 Å². The van der Waals surface area contributed by atoms with Gasteiger partial charge in [0.1, 0.15) is 0 Å². The van der Waals surface area contributed by atoms with Crippen molar-refractivity contribution in [1.29, 1.82) is 0 Å². The third-order valence-corrected chi connectivity index (χ3v) is 3.73. The summed E-state index contributed by atoms with van der Waals surface area (Å²) in [7, 11) is 0. The van der Waals surface area contributed by atoms with Crippen LogP contribution in [0, 0.1) is 0 Å². The van der Waals surface area contributed by atoms with Crippen LogP contribution in [0.2, 0.25) is 0 Å². The molecule has 1 fully saturated rings. The van der Waals surface area contributed by atoms with Gasteiger partial charge in [0.15, 0.2) is 0 Å². The molecule has 4 nitrogen and oxygen atoms in total. The third kappa shape index (κ3) is 4.04. The molecule has 96 valence electrons. The predicted octanol–water partition coefficient (Wildman–Crippen LogP) is 2.22. The molecule has 2 aliphatic rings. The fraction of sp³-hybridized carbons (Fsp3) is 0.769. The summed E-state index contributed by atoms with van der Waals surface area (Å²) in [6.07, 6.45) is 8.57. The highest BCUT2D eigenvalue weighted by atomic mass is 16.4. The summed E-state index contributed by atoms with van der Waals surface area (Å²) in [5.41, 5.74) is 1.58. The van der Waals surface area contributed by atoms with Crippen molar-refractivity contribution in [3.8, 4) is 0 Å². The van der Waals surface area contributed by atoms with Gasteiger partial charge in [0.05, 0.1) is 0 Å². The average molecular weight is 238 g/mol. The van der Waals surface area contributed by atoms with E-state index in [1.165, 1.54) is 25.7 Å². The zero-order valence-electron chi connectivity index (χ0n) is 10.3. The largest absolute Gasteiger partial charge is 0.465 e. The first-order chi connectivity index (χ1) is 8.24. The monoisotopic (exact) mass is 238 g/mol. The zero-order valence-corrected chi connectivity index (χ0v) is 10.3. The molecule has 0 atom stereocenters. The molecule has 1 saturated heterocycles. The van der Waals surface area contributed by atoms with Crippen molar-refractivity contribution in [2.45, 2.75) is 44.6 Å². The van der Waals surface area contributed by atoms with Crippen LogP contribution in [0.3, 0.4) is 0 Å². The quantitative estimate of drug-likeness (QED) is 0.741. The van der Waals surface area contributed by atoms with Crippen LogP contribution in [0.1, 0.15) is 38.5 Å². The number of nitrogens with zero attached hydrogens (tertiary/aromatic N) is 1. The van der Waals surface area contributed by atoms with Gasteiger partial charge in [-0.15, -0.1) is 0 Å². The number of piperidine rings is 1. The first-order valence-electron chi connectivity index (χ1n) is 6.64. The second-order valence-corrected chi connectivity index (χ2v) is 5.11. The van der Waals surface area contributed by atoms with Gasteiger partial charge in [-0.05, 0) is 38.5 Å². The second kappa shape index (κ2) is 6.05. The van der Waals surface area contributed by atoms with Gasteiger partial charge in [-0.25, -0.2) is 4.79 Å². The molecule has 0 bridgehead atoms. The van der Waals surface area contributed by atoms with Crippen LogP contribution in [-0.2, 0) is 0 Å². The van der Waals surface area contributed by atoms with E-state index in [2.05, 4.69) is 16.3 Å². The van der Waals surface area contributed by atoms with Crippen molar-refractivity contribution in [2.24, 2.45) is 0 Å². The number of hydrogen-bond donors (Lipinski definition) is 2. The molecule has 1 amide bonds. The predicted molar refractivity (Wildman–Crippen MR) is 67.2 cm³/mol.